The number of aromatic nitrogens is 4. The third kappa shape index (κ3) is 5.69. The van der Waals surface area contributed by atoms with Crippen LogP contribution in [0.5, 0.6) is 0 Å². The number of fused-ring (bicyclic) bond motifs is 1. The number of rotatable bonds is 10. The van der Waals surface area contributed by atoms with Gasteiger partial charge in [0.15, 0.2) is 11.5 Å². The van der Waals surface area contributed by atoms with Gasteiger partial charge in [-0.3, -0.25) is 9.59 Å². The van der Waals surface area contributed by atoms with E-state index in [-0.39, 0.29) is 30.3 Å². The zero-order valence-electron chi connectivity index (χ0n) is 20.3. The van der Waals surface area contributed by atoms with Crippen LogP contribution < -0.4 is 16.0 Å². The van der Waals surface area contributed by atoms with Crippen molar-refractivity contribution in [1.29, 1.82) is 0 Å². The van der Waals surface area contributed by atoms with E-state index in [1.807, 2.05) is 30.3 Å². The number of imidazole rings is 1. The molecule has 0 saturated heterocycles. The Morgan fingerprint density at radius 3 is 2.57 bits per heavy atom. The molecule has 5 atom stereocenters. The van der Waals surface area contributed by atoms with Crippen LogP contribution in [0.4, 0.5) is 5.82 Å². The predicted octanol–water partition coefficient (Wildman–Crippen LogP) is -1.26. The number of hydrogen-bond donors (Lipinski definition) is 7. The molecule has 1 fully saturated rings. The van der Waals surface area contributed by atoms with Crippen LogP contribution >= 0.6 is 0 Å². The second-order valence-corrected chi connectivity index (χ2v) is 8.91. The number of nitrogens with one attached hydrogen (secondary N) is 3. The van der Waals surface area contributed by atoms with Gasteiger partial charge < -0.3 is 40.9 Å². The maximum Gasteiger partial charge on any atom is 0.289 e. The Hall–Kier alpha value is -3.65. The van der Waals surface area contributed by atoms with Crippen molar-refractivity contribution in [3.63, 3.8) is 0 Å². The van der Waals surface area contributed by atoms with Crippen molar-refractivity contribution < 1.29 is 30.0 Å². The van der Waals surface area contributed by atoms with Crippen molar-refractivity contribution in [2.75, 3.05) is 25.1 Å². The molecule has 1 aliphatic carbocycles. The van der Waals surface area contributed by atoms with Gasteiger partial charge in [0.05, 0.1) is 31.1 Å². The van der Waals surface area contributed by atoms with E-state index in [9.17, 15) is 24.9 Å². The molecular weight excluding hydrogens is 482 g/mol. The molecule has 3 aromatic rings. The number of aliphatic hydroxyl groups is 4. The largest absolute Gasteiger partial charge is 0.394 e. The molecule has 37 heavy (non-hydrogen) atoms. The molecule has 2 aromatic heterocycles. The number of amides is 2. The molecule has 1 saturated carbocycles. The molecule has 4 rings (SSSR count). The van der Waals surface area contributed by atoms with Crippen molar-refractivity contribution >= 4 is 28.8 Å². The Balaban J connectivity index is 1.70. The molecule has 7 N–H and O–H groups in total. The van der Waals surface area contributed by atoms with Crippen LogP contribution in [0, 0.1) is 0 Å². The summed E-state index contributed by atoms with van der Waals surface area (Å²) in [5.41, 5.74) is 1.54. The Morgan fingerprint density at radius 2 is 1.89 bits per heavy atom. The number of nitrogens with zero attached hydrogens (tertiary/aromatic N) is 4. The molecule has 198 valence electrons. The first-order valence-corrected chi connectivity index (χ1v) is 12.1. The van der Waals surface area contributed by atoms with Gasteiger partial charge in [0.1, 0.15) is 24.3 Å². The summed E-state index contributed by atoms with van der Waals surface area (Å²) in [5.74, 6) is -1.08. The molecule has 0 spiro atoms. The highest BCUT2D eigenvalue weighted by atomic mass is 16.3. The van der Waals surface area contributed by atoms with Gasteiger partial charge in [-0.05, 0) is 25.3 Å². The summed E-state index contributed by atoms with van der Waals surface area (Å²) in [6.07, 6.45) is -0.516. The molecule has 1 aromatic carbocycles. The van der Waals surface area contributed by atoms with E-state index in [0.29, 0.717) is 18.5 Å². The number of hydrogen-bond acceptors (Lipinski definition) is 10. The highest BCUT2D eigenvalue weighted by Crippen LogP contribution is 2.34. The fourth-order valence-corrected chi connectivity index (χ4v) is 4.53. The van der Waals surface area contributed by atoms with Crippen LogP contribution in [-0.4, -0.2) is 95.8 Å². The number of anilines is 1. The molecule has 0 aliphatic heterocycles. The normalized spacial score (nSPS) is 22.1. The minimum absolute atomic E-state index is 0.131. The quantitative estimate of drug-likeness (QED) is 0.172. The molecule has 0 radical (unpaired) electrons. The van der Waals surface area contributed by atoms with Crippen molar-refractivity contribution in [3.05, 3.63) is 48.0 Å². The van der Waals surface area contributed by atoms with E-state index in [1.165, 1.54) is 10.9 Å². The maximum atomic E-state index is 12.7. The van der Waals surface area contributed by atoms with Crippen LogP contribution in [0.3, 0.4) is 0 Å². The summed E-state index contributed by atoms with van der Waals surface area (Å²) in [4.78, 5) is 37.5. The number of carbonyl (C=O) groups is 2. The van der Waals surface area contributed by atoms with Gasteiger partial charge in [-0.1, -0.05) is 30.3 Å². The van der Waals surface area contributed by atoms with Crippen LogP contribution in [-0.2, 0) is 11.2 Å². The van der Waals surface area contributed by atoms with Crippen molar-refractivity contribution in [2.45, 2.75) is 50.1 Å². The van der Waals surface area contributed by atoms with Crippen LogP contribution in [0.2, 0.25) is 0 Å². The van der Waals surface area contributed by atoms with Gasteiger partial charge >= 0.3 is 0 Å². The number of benzene rings is 1. The van der Waals surface area contributed by atoms with Crippen molar-refractivity contribution in [3.8, 4) is 0 Å². The molecule has 1 aliphatic rings. The molecule has 2 amide bonds. The first-order chi connectivity index (χ1) is 17.9. The van der Waals surface area contributed by atoms with E-state index in [4.69, 9.17) is 5.11 Å². The van der Waals surface area contributed by atoms with Gasteiger partial charge in [0.2, 0.25) is 11.7 Å². The van der Waals surface area contributed by atoms with E-state index in [0.717, 1.165) is 5.56 Å². The molecule has 0 unspecified atom stereocenters. The molecule has 0 bridgehead atoms. The summed E-state index contributed by atoms with van der Waals surface area (Å²) in [7, 11) is 0. The van der Waals surface area contributed by atoms with E-state index in [2.05, 4.69) is 30.9 Å². The van der Waals surface area contributed by atoms with Crippen molar-refractivity contribution in [1.82, 2.24) is 30.2 Å². The average molecular weight is 514 g/mol. The van der Waals surface area contributed by atoms with Crippen LogP contribution in [0.15, 0.2) is 36.7 Å². The smallest absolute Gasteiger partial charge is 0.289 e. The fourth-order valence-electron chi connectivity index (χ4n) is 4.53. The van der Waals surface area contributed by atoms with Crippen LogP contribution in [0.1, 0.15) is 35.6 Å². The monoisotopic (exact) mass is 513 g/mol. The third-order valence-electron chi connectivity index (χ3n) is 6.35. The molecule has 13 nitrogen and oxygen atoms in total. The van der Waals surface area contributed by atoms with Gasteiger partial charge in [0, 0.05) is 6.54 Å². The molecule has 13 heteroatoms. The Labute approximate surface area is 212 Å². The standard InChI is InChI=1S/C24H31N7O6/c1-2-25-24(37)22-29-21(27-14(10-32)8-13-6-4-3-5-7-13)18-23(30-22)31(12-26-18)16-9-15(19(35)20(16)36)28-17(34)11-33/h3-7,12,14-16,19-20,32-33,35-36H,2,8-11H2,1H3,(H,25,37)(H,28,34)(H,27,29,30)/t14-,15-,16+,19+,20-/m0/s1. The van der Waals surface area contributed by atoms with Crippen molar-refractivity contribution in [2.24, 2.45) is 0 Å². The van der Waals surface area contributed by atoms with Gasteiger partial charge in [0.25, 0.3) is 5.91 Å². The molecular formula is C24H31N7O6. The summed E-state index contributed by atoms with van der Waals surface area (Å²) in [5, 5.41) is 48.6. The van der Waals surface area contributed by atoms with E-state index < -0.39 is 48.8 Å². The summed E-state index contributed by atoms with van der Waals surface area (Å²) >= 11 is 0. The maximum absolute atomic E-state index is 12.7. The minimum atomic E-state index is -1.29. The lowest BCUT2D eigenvalue weighted by Crippen LogP contribution is -2.44. The lowest BCUT2D eigenvalue weighted by Gasteiger charge is -2.19. The Kier molecular flexibility index (Phi) is 8.28. The topological polar surface area (TPSA) is 195 Å². The van der Waals surface area contributed by atoms with E-state index >= 15 is 0 Å². The lowest BCUT2D eigenvalue weighted by molar-refractivity contribution is -0.125. The number of carbonyl (C=O) groups excluding carboxylic acids is 2. The number of aliphatic hydroxyl groups excluding tert-OH is 4. The van der Waals surface area contributed by atoms with Gasteiger partial charge in [-0.15, -0.1) is 0 Å². The highest BCUT2D eigenvalue weighted by molar-refractivity contribution is 5.94. The minimum Gasteiger partial charge on any atom is -0.394 e. The highest BCUT2D eigenvalue weighted by Gasteiger charge is 2.44. The Bertz CT molecular complexity index is 1240. The van der Waals surface area contributed by atoms with E-state index in [1.54, 1.807) is 6.92 Å². The summed E-state index contributed by atoms with van der Waals surface area (Å²) in [6, 6.07) is 7.61. The van der Waals surface area contributed by atoms with Gasteiger partial charge in [-0.2, -0.15) is 0 Å². The summed E-state index contributed by atoms with van der Waals surface area (Å²) in [6.45, 7) is 1.16. The second kappa shape index (κ2) is 11.6. The summed E-state index contributed by atoms with van der Waals surface area (Å²) < 4.78 is 1.54. The van der Waals surface area contributed by atoms with Crippen LogP contribution in [0.25, 0.3) is 11.2 Å². The zero-order chi connectivity index (χ0) is 26.5. The van der Waals surface area contributed by atoms with Gasteiger partial charge in [-0.25, -0.2) is 15.0 Å². The first-order valence-electron chi connectivity index (χ1n) is 12.1. The second-order valence-electron chi connectivity index (χ2n) is 8.91. The third-order valence-corrected chi connectivity index (χ3v) is 6.35. The Morgan fingerprint density at radius 1 is 1.14 bits per heavy atom. The zero-order valence-corrected chi connectivity index (χ0v) is 20.3. The first kappa shape index (κ1) is 26.4. The molecule has 2 heterocycles. The lowest BCUT2D eigenvalue weighted by atomic mass is 10.1. The SMILES string of the molecule is CCNC(=O)c1nc(N[C@H](CO)Cc2ccccc2)c2ncn([C@@H]3C[C@H](NC(=O)CO)[C@@H](O)[C@H]3O)c2n1. The fraction of sp³-hybridized carbons (Fsp3) is 0.458. The average Bonchev–Trinajstić information content (AvgIpc) is 3.45. The predicted molar refractivity (Wildman–Crippen MR) is 133 cm³/mol.